The molecule has 0 aromatic rings. The van der Waals surface area contributed by atoms with Crippen LogP contribution in [0.25, 0.3) is 0 Å². The minimum atomic E-state index is -0.567. The number of ether oxygens (including phenoxy) is 1. The lowest BCUT2D eigenvalue weighted by Crippen LogP contribution is -2.46. The van der Waals surface area contributed by atoms with Gasteiger partial charge in [0.25, 0.3) is 0 Å². The fourth-order valence-electron chi connectivity index (χ4n) is 1.43. The number of carbonyl (C=O) groups is 2. The van der Waals surface area contributed by atoms with E-state index in [0.717, 1.165) is 6.42 Å². The molecule has 0 rings (SSSR count). The van der Waals surface area contributed by atoms with Gasteiger partial charge >= 0.3 is 5.97 Å². The fourth-order valence-corrected chi connectivity index (χ4v) is 1.43. The van der Waals surface area contributed by atoms with Crippen molar-refractivity contribution in [2.24, 2.45) is 17.6 Å². The zero-order valence-electron chi connectivity index (χ0n) is 11.2. The van der Waals surface area contributed by atoms with Crippen molar-refractivity contribution in [1.29, 1.82) is 0 Å². The van der Waals surface area contributed by atoms with Crippen LogP contribution < -0.4 is 11.1 Å². The Morgan fingerprint density at radius 2 is 1.94 bits per heavy atom. The minimum absolute atomic E-state index is 0.0552. The number of esters is 1. The highest BCUT2D eigenvalue weighted by Gasteiger charge is 2.26. The zero-order valence-corrected chi connectivity index (χ0v) is 11.2. The Kier molecular flexibility index (Phi) is 7.54. The third-order valence-electron chi connectivity index (χ3n) is 2.92. The van der Waals surface area contributed by atoms with E-state index >= 15 is 0 Å². The van der Waals surface area contributed by atoms with Gasteiger partial charge in [0.1, 0.15) is 6.04 Å². The molecule has 0 bridgehead atoms. The number of amides is 1. The molecule has 3 N–H and O–H groups in total. The van der Waals surface area contributed by atoms with Gasteiger partial charge in [-0.25, -0.2) is 4.79 Å². The van der Waals surface area contributed by atoms with E-state index in [0.29, 0.717) is 13.0 Å². The standard InChI is InChI=1S/C12H24N2O3/c1-5-9(3)11(12(16)17-4)14-10(15)6-8(2)7-13/h8-9,11H,5-7,13H2,1-4H3,(H,14,15). The molecule has 0 radical (unpaired) electrons. The molecule has 0 heterocycles. The second-order valence-corrected chi connectivity index (χ2v) is 4.50. The van der Waals surface area contributed by atoms with Crippen LogP contribution in [0.5, 0.6) is 0 Å². The molecule has 0 aromatic carbocycles. The number of hydrogen-bond acceptors (Lipinski definition) is 4. The maximum Gasteiger partial charge on any atom is 0.328 e. The van der Waals surface area contributed by atoms with E-state index in [4.69, 9.17) is 5.73 Å². The lowest BCUT2D eigenvalue weighted by atomic mass is 9.98. The van der Waals surface area contributed by atoms with Crippen LogP contribution in [-0.4, -0.2) is 31.6 Å². The summed E-state index contributed by atoms with van der Waals surface area (Å²) in [6.07, 6.45) is 1.13. The van der Waals surface area contributed by atoms with Gasteiger partial charge in [0, 0.05) is 6.42 Å². The van der Waals surface area contributed by atoms with Crippen LogP contribution in [-0.2, 0) is 14.3 Å². The van der Waals surface area contributed by atoms with Crippen molar-refractivity contribution in [3.05, 3.63) is 0 Å². The van der Waals surface area contributed by atoms with Gasteiger partial charge in [-0.05, 0) is 18.4 Å². The van der Waals surface area contributed by atoms with Gasteiger partial charge in [-0.15, -0.1) is 0 Å². The van der Waals surface area contributed by atoms with Crippen molar-refractivity contribution >= 4 is 11.9 Å². The summed E-state index contributed by atoms with van der Waals surface area (Å²) < 4.78 is 4.69. The molecule has 5 nitrogen and oxygen atoms in total. The number of carbonyl (C=O) groups excluding carboxylic acids is 2. The molecule has 0 saturated carbocycles. The summed E-state index contributed by atoms with van der Waals surface area (Å²) >= 11 is 0. The number of nitrogens with two attached hydrogens (primary N) is 1. The third kappa shape index (κ3) is 5.68. The van der Waals surface area contributed by atoms with E-state index < -0.39 is 12.0 Å². The molecule has 0 aliphatic carbocycles. The predicted octanol–water partition coefficient (Wildman–Crippen LogP) is 0.675. The first kappa shape index (κ1) is 15.9. The van der Waals surface area contributed by atoms with Crippen LogP contribution in [0.15, 0.2) is 0 Å². The Morgan fingerprint density at radius 3 is 2.35 bits per heavy atom. The second-order valence-electron chi connectivity index (χ2n) is 4.50. The number of methoxy groups -OCH3 is 1. The highest BCUT2D eigenvalue weighted by atomic mass is 16.5. The Labute approximate surface area is 103 Å². The Balaban J connectivity index is 4.43. The summed E-state index contributed by atoms with van der Waals surface area (Å²) in [6, 6.07) is -0.567. The Hall–Kier alpha value is -1.10. The molecule has 0 saturated heterocycles. The van der Waals surface area contributed by atoms with E-state index in [9.17, 15) is 9.59 Å². The van der Waals surface area contributed by atoms with Crippen LogP contribution in [0.1, 0.15) is 33.6 Å². The smallest absolute Gasteiger partial charge is 0.328 e. The SMILES string of the molecule is CCC(C)C(NC(=O)CC(C)CN)C(=O)OC. The van der Waals surface area contributed by atoms with Gasteiger partial charge in [-0.3, -0.25) is 4.79 Å². The third-order valence-corrected chi connectivity index (χ3v) is 2.92. The molecule has 100 valence electrons. The van der Waals surface area contributed by atoms with Crippen LogP contribution in [0.3, 0.4) is 0 Å². The molecule has 5 heteroatoms. The quantitative estimate of drug-likeness (QED) is 0.645. The number of rotatable bonds is 7. The molecular formula is C12H24N2O3. The fraction of sp³-hybridized carbons (Fsp3) is 0.833. The lowest BCUT2D eigenvalue weighted by molar-refractivity contribution is -0.146. The van der Waals surface area contributed by atoms with E-state index in [1.54, 1.807) is 0 Å². The van der Waals surface area contributed by atoms with Crippen LogP contribution in [0.2, 0.25) is 0 Å². The average molecular weight is 244 g/mol. The first-order valence-corrected chi connectivity index (χ1v) is 6.03. The molecule has 17 heavy (non-hydrogen) atoms. The van der Waals surface area contributed by atoms with E-state index in [1.807, 2.05) is 20.8 Å². The highest BCUT2D eigenvalue weighted by Crippen LogP contribution is 2.10. The number of hydrogen-bond donors (Lipinski definition) is 2. The number of nitrogens with one attached hydrogen (secondary N) is 1. The lowest BCUT2D eigenvalue weighted by Gasteiger charge is -2.22. The summed E-state index contributed by atoms with van der Waals surface area (Å²) in [4.78, 5) is 23.2. The molecule has 0 fully saturated rings. The normalized spacial score (nSPS) is 15.8. The monoisotopic (exact) mass is 244 g/mol. The molecule has 1 amide bonds. The van der Waals surface area contributed by atoms with Crippen LogP contribution in [0.4, 0.5) is 0 Å². The summed E-state index contributed by atoms with van der Waals surface area (Å²) in [6.45, 7) is 6.24. The van der Waals surface area contributed by atoms with Crippen LogP contribution in [0, 0.1) is 11.8 Å². The molecular weight excluding hydrogens is 220 g/mol. The van der Waals surface area contributed by atoms with Crippen molar-refractivity contribution in [3.8, 4) is 0 Å². The topological polar surface area (TPSA) is 81.4 Å². The van der Waals surface area contributed by atoms with Crippen molar-refractivity contribution in [2.45, 2.75) is 39.7 Å². The molecule has 3 atom stereocenters. The van der Waals surface area contributed by atoms with Crippen molar-refractivity contribution in [2.75, 3.05) is 13.7 Å². The van der Waals surface area contributed by atoms with Gasteiger partial charge in [0.15, 0.2) is 0 Å². The maximum absolute atomic E-state index is 11.7. The van der Waals surface area contributed by atoms with Crippen molar-refractivity contribution in [3.63, 3.8) is 0 Å². The van der Waals surface area contributed by atoms with Crippen LogP contribution >= 0.6 is 0 Å². The van der Waals surface area contributed by atoms with Crippen molar-refractivity contribution < 1.29 is 14.3 Å². The predicted molar refractivity (Wildman–Crippen MR) is 66.2 cm³/mol. The summed E-state index contributed by atoms with van der Waals surface area (Å²) in [5.74, 6) is -0.378. The highest BCUT2D eigenvalue weighted by molar-refractivity contribution is 5.84. The maximum atomic E-state index is 11.7. The summed E-state index contributed by atoms with van der Waals surface area (Å²) in [5, 5.41) is 2.71. The average Bonchev–Trinajstić information content (AvgIpc) is 2.33. The first-order valence-electron chi connectivity index (χ1n) is 6.03. The summed E-state index contributed by atoms with van der Waals surface area (Å²) in [7, 11) is 1.33. The van der Waals surface area contributed by atoms with Crippen molar-refractivity contribution in [1.82, 2.24) is 5.32 Å². The minimum Gasteiger partial charge on any atom is -0.467 e. The Bertz CT molecular complexity index is 256. The second kappa shape index (κ2) is 8.06. The van der Waals surface area contributed by atoms with Gasteiger partial charge in [-0.2, -0.15) is 0 Å². The Morgan fingerprint density at radius 1 is 1.35 bits per heavy atom. The van der Waals surface area contributed by atoms with E-state index in [2.05, 4.69) is 10.1 Å². The largest absolute Gasteiger partial charge is 0.467 e. The molecule has 0 spiro atoms. The molecule has 0 aliphatic heterocycles. The molecule has 0 aromatic heterocycles. The van der Waals surface area contributed by atoms with Gasteiger partial charge in [0.05, 0.1) is 7.11 Å². The zero-order chi connectivity index (χ0) is 13.4. The molecule has 0 aliphatic rings. The van der Waals surface area contributed by atoms with Gasteiger partial charge < -0.3 is 15.8 Å². The van der Waals surface area contributed by atoms with Gasteiger partial charge in [0.2, 0.25) is 5.91 Å². The first-order chi connectivity index (χ1) is 7.96. The van der Waals surface area contributed by atoms with Gasteiger partial charge in [-0.1, -0.05) is 27.2 Å². The van der Waals surface area contributed by atoms with E-state index in [-0.39, 0.29) is 17.7 Å². The molecule has 3 unspecified atom stereocenters. The van der Waals surface area contributed by atoms with E-state index in [1.165, 1.54) is 7.11 Å². The summed E-state index contributed by atoms with van der Waals surface area (Å²) in [5.41, 5.74) is 5.45.